The van der Waals surface area contributed by atoms with Crippen molar-refractivity contribution in [1.82, 2.24) is 9.80 Å². The Morgan fingerprint density at radius 2 is 1.80 bits per heavy atom. The first-order valence-electron chi connectivity index (χ1n) is 8.06. The second-order valence-electron chi connectivity index (χ2n) is 6.79. The van der Waals surface area contributed by atoms with Gasteiger partial charge in [0.25, 0.3) is 0 Å². The molecule has 2 amide bonds. The number of alkyl halides is 3. The fraction of sp³-hybridized carbons (Fsp3) is 0.444. The Bertz CT molecular complexity index is 740. The Hall–Kier alpha value is -2.31. The quantitative estimate of drug-likeness (QED) is 0.768. The van der Waals surface area contributed by atoms with Gasteiger partial charge in [-0.25, -0.2) is 0 Å². The van der Waals surface area contributed by atoms with Crippen molar-refractivity contribution in [2.45, 2.75) is 24.4 Å². The summed E-state index contributed by atoms with van der Waals surface area (Å²) >= 11 is 0. The number of likely N-dealkylation sites (tertiary alicyclic amines) is 1. The summed E-state index contributed by atoms with van der Waals surface area (Å²) < 4.78 is 38.1. The standard InChI is InChI=1S/C18H19F3N2O2/c1-22(2)16(24)6-4-11-3-5-14-12-8-13(15(14)7-11)10-23(9-12)17(25)18(19,20)21/h3-7,12-13H,8-10H2,1-2H3. The second kappa shape index (κ2) is 6.20. The van der Waals surface area contributed by atoms with Gasteiger partial charge in [-0.1, -0.05) is 18.2 Å². The zero-order valence-corrected chi connectivity index (χ0v) is 14.0. The molecular weight excluding hydrogens is 333 g/mol. The minimum Gasteiger partial charge on any atom is -0.345 e. The molecule has 1 aromatic rings. The van der Waals surface area contributed by atoms with Crippen LogP contribution in [-0.2, 0) is 9.59 Å². The second-order valence-corrected chi connectivity index (χ2v) is 6.79. The third-order valence-electron chi connectivity index (χ3n) is 4.83. The zero-order chi connectivity index (χ0) is 18.4. The van der Waals surface area contributed by atoms with Crippen LogP contribution in [0.1, 0.15) is 34.9 Å². The van der Waals surface area contributed by atoms with Gasteiger partial charge < -0.3 is 9.80 Å². The molecule has 0 N–H and O–H groups in total. The van der Waals surface area contributed by atoms with E-state index < -0.39 is 12.1 Å². The van der Waals surface area contributed by atoms with Gasteiger partial charge in [0.2, 0.25) is 5.91 Å². The maximum atomic E-state index is 12.7. The van der Waals surface area contributed by atoms with E-state index in [1.807, 2.05) is 18.2 Å². The molecule has 1 saturated heterocycles. The topological polar surface area (TPSA) is 40.6 Å². The van der Waals surface area contributed by atoms with E-state index in [0.29, 0.717) is 0 Å². The molecule has 4 nitrogen and oxygen atoms in total. The largest absolute Gasteiger partial charge is 0.471 e. The minimum absolute atomic E-state index is 0.0542. The monoisotopic (exact) mass is 352 g/mol. The van der Waals surface area contributed by atoms with Gasteiger partial charge in [0.1, 0.15) is 0 Å². The molecule has 1 aromatic carbocycles. The number of fused-ring (bicyclic) bond motifs is 5. The number of hydrogen-bond donors (Lipinski definition) is 0. The fourth-order valence-electron chi connectivity index (χ4n) is 3.63. The van der Waals surface area contributed by atoms with Crippen LogP contribution >= 0.6 is 0 Å². The highest BCUT2D eigenvalue weighted by Gasteiger charge is 2.47. The molecular formula is C18H19F3N2O2. The minimum atomic E-state index is -4.83. The van der Waals surface area contributed by atoms with E-state index in [9.17, 15) is 22.8 Å². The maximum Gasteiger partial charge on any atom is 0.471 e. The van der Waals surface area contributed by atoms with Crippen LogP contribution < -0.4 is 0 Å². The van der Waals surface area contributed by atoms with E-state index in [-0.39, 0.29) is 30.8 Å². The van der Waals surface area contributed by atoms with E-state index in [2.05, 4.69) is 0 Å². The number of likely N-dealkylation sites (N-methyl/N-ethyl adjacent to an activating group) is 1. The zero-order valence-electron chi connectivity index (χ0n) is 14.0. The summed E-state index contributed by atoms with van der Waals surface area (Å²) in [6, 6.07) is 5.68. The molecule has 3 rings (SSSR count). The van der Waals surface area contributed by atoms with Crippen LogP contribution in [0.4, 0.5) is 13.2 Å². The number of carbonyl (C=O) groups excluding carboxylic acids is 2. The van der Waals surface area contributed by atoms with Crippen LogP contribution in [0, 0.1) is 0 Å². The van der Waals surface area contributed by atoms with Gasteiger partial charge in [-0.15, -0.1) is 0 Å². The van der Waals surface area contributed by atoms with E-state index in [1.165, 1.54) is 11.0 Å². The summed E-state index contributed by atoms with van der Waals surface area (Å²) in [4.78, 5) is 25.6. The number of halogens is 3. The molecule has 1 fully saturated rings. The van der Waals surface area contributed by atoms with Gasteiger partial charge >= 0.3 is 12.1 Å². The maximum absolute atomic E-state index is 12.7. The number of amides is 2. The molecule has 0 radical (unpaired) electrons. The van der Waals surface area contributed by atoms with Crippen LogP contribution in [0.3, 0.4) is 0 Å². The molecule has 1 aliphatic heterocycles. The first kappa shape index (κ1) is 17.5. The van der Waals surface area contributed by atoms with Crippen LogP contribution in [0.2, 0.25) is 0 Å². The van der Waals surface area contributed by atoms with Gasteiger partial charge in [0, 0.05) is 45.1 Å². The van der Waals surface area contributed by atoms with Gasteiger partial charge in [-0.2, -0.15) is 13.2 Å². The van der Waals surface area contributed by atoms with Crippen molar-refractivity contribution < 1.29 is 22.8 Å². The molecule has 0 aromatic heterocycles. The average molecular weight is 352 g/mol. The first-order chi connectivity index (χ1) is 11.7. The van der Waals surface area contributed by atoms with E-state index in [0.717, 1.165) is 28.0 Å². The van der Waals surface area contributed by atoms with Gasteiger partial charge in [0.05, 0.1) is 0 Å². The molecule has 2 unspecified atom stereocenters. The first-order valence-corrected chi connectivity index (χ1v) is 8.06. The Morgan fingerprint density at radius 1 is 1.16 bits per heavy atom. The van der Waals surface area contributed by atoms with Crippen molar-refractivity contribution in [2.24, 2.45) is 0 Å². The van der Waals surface area contributed by atoms with Crippen LogP contribution in [0.5, 0.6) is 0 Å². The fourth-order valence-corrected chi connectivity index (χ4v) is 3.63. The Balaban J connectivity index is 1.81. The molecule has 2 bridgehead atoms. The average Bonchev–Trinajstić information content (AvgIpc) is 2.81. The Kier molecular flexibility index (Phi) is 4.34. The highest BCUT2D eigenvalue weighted by atomic mass is 19.4. The molecule has 7 heteroatoms. The lowest BCUT2D eigenvalue weighted by Gasteiger charge is -2.32. The predicted molar refractivity (Wildman–Crippen MR) is 86.9 cm³/mol. The van der Waals surface area contributed by atoms with Crippen molar-refractivity contribution in [3.05, 3.63) is 41.0 Å². The lowest BCUT2D eigenvalue weighted by atomic mass is 9.95. The molecule has 25 heavy (non-hydrogen) atoms. The van der Waals surface area contributed by atoms with Gasteiger partial charge in [0.15, 0.2) is 0 Å². The van der Waals surface area contributed by atoms with Crippen molar-refractivity contribution >= 4 is 17.9 Å². The molecule has 1 aliphatic carbocycles. The molecule has 134 valence electrons. The van der Waals surface area contributed by atoms with Gasteiger partial charge in [-0.3, -0.25) is 9.59 Å². The Morgan fingerprint density at radius 3 is 2.40 bits per heavy atom. The predicted octanol–water partition coefficient (Wildman–Crippen LogP) is 2.76. The van der Waals surface area contributed by atoms with E-state index in [4.69, 9.17) is 0 Å². The lowest BCUT2D eigenvalue weighted by molar-refractivity contribution is -0.186. The van der Waals surface area contributed by atoms with E-state index in [1.54, 1.807) is 20.2 Å². The number of carbonyl (C=O) groups is 2. The van der Waals surface area contributed by atoms with E-state index >= 15 is 0 Å². The van der Waals surface area contributed by atoms with Crippen molar-refractivity contribution in [1.29, 1.82) is 0 Å². The number of hydrogen-bond acceptors (Lipinski definition) is 2. The summed E-state index contributed by atoms with van der Waals surface area (Å²) in [5, 5.41) is 0. The normalized spacial score (nSPS) is 22.2. The number of benzene rings is 1. The SMILES string of the molecule is CN(C)C(=O)C=Cc1ccc2c(c1)C1CC2CN(C(=O)C(F)(F)F)C1. The lowest BCUT2D eigenvalue weighted by Crippen LogP contribution is -2.46. The number of rotatable bonds is 2. The number of piperidine rings is 1. The molecule has 0 spiro atoms. The highest BCUT2D eigenvalue weighted by Crippen LogP contribution is 2.46. The molecule has 2 aliphatic rings. The van der Waals surface area contributed by atoms with Crippen molar-refractivity contribution in [2.75, 3.05) is 27.2 Å². The smallest absolute Gasteiger partial charge is 0.345 e. The van der Waals surface area contributed by atoms with Crippen LogP contribution in [0.25, 0.3) is 6.08 Å². The summed E-state index contributed by atoms with van der Waals surface area (Å²) in [6.45, 7) is 0.196. The third kappa shape index (κ3) is 3.41. The third-order valence-corrected chi connectivity index (χ3v) is 4.83. The highest BCUT2D eigenvalue weighted by molar-refractivity contribution is 5.91. The van der Waals surface area contributed by atoms with Gasteiger partial charge in [-0.05, 0) is 29.2 Å². The summed E-state index contributed by atoms with van der Waals surface area (Å²) in [7, 11) is 3.31. The Labute approximate surface area is 143 Å². The van der Waals surface area contributed by atoms with Crippen LogP contribution in [0.15, 0.2) is 24.3 Å². The summed E-state index contributed by atoms with van der Waals surface area (Å²) in [5.41, 5.74) is 2.83. The summed E-state index contributed by atoms with van der Waals surface area (Å²) in [5.74, 6) is -2.03. The number of nitrogens with zero attached hydrogens (tertiary/aromatic N) is 2. The molecule has 2 atom stereocenters. The van der Waals surface area contributed by atoms with Crippen molar-refractivity contribution in [3.63, 3.8) is 0 Å². The van der Waals surface area contributed by atoms with Crippen molar-refractivity contribution in [3.8, 4) is 0 Å². The summed E-state index contributed by atoms with van der Waals surface area (Å²) in [6.07, 6.45) is -0.907. The molecule has 1 heterocycles. The van der Waals surface area contributed by atoms with Crippen LogP contribution in [-0.4, -0.2) is 55.0 Å². The molecule has 0 saturated carbocycles.